The number of aliphatic hydroxyl groups excluding tert-OH is 1. The fraction of sp³-hybridized carbons (Fsp3) is 0.300. The number of amides is 2. The number of allylic oxidation sites excluding steroid dienone is 1. The largest absolute Gasteiger partial charge is 0.500 e. The van der Waals surface area contributed by atoms with Gasteiger partial charge in [-0.05, 0) is 24.2 Å². The number of hydrogen-bond acceptors (Lipinski definition) is 9. The van der Waals surface area contributed by atoms with Crippen molar-refractivity contribution in [3.05, 3.63) is 99.0 Å². The Morgan fingerprint density at radius 2 is 1.89 bits per heavy atom. The third-order valence-electron chi connectivity index (χ3n) is 7.88. The molecule has 230 valence electrons. The molecule has 0 bridgehead atoms. The standard InChI is InChI=1S/C30H30F2N6O5S/c1-33-30(10-12-38(13-11-30)29(42)43-17-18-6-4-3-5-7-18)37(2)28(41)24-26(40)25(39)21(16-34-24)27-36-35-23(44-27)14-19-8-9-20(31)15-22(19)32/h3-9,15-16,33,40H,10-14,17H2,1-2H3,(H,34,39)/p+1. The number of ketones is 1. The van der Waals surface area contributed by atoms with Crippen molar-refractivity contribution in [2.75, 3.05) is 27.2 Å². The van der Waals surface area contributed by atoms with Crippen LogP contribution in [0.1, 0.15) is 34.0 Å². The number of Topliss-reactive ketones (excluding diaryl/α,β-unsaturated/α-hetero) is 1. The van der Waals surface area contributed by atoms with Crippen molar-refractivity contribution in [3.8, 4) is 0 Å². The van der Waals surface area contributed by atoms with Crippen molar-refractivity contribution in [2.24, 2.45) is 0 Å². The maximum atomic E-state index is 14.1. The molecule has 3 aromatic rings. The van der Waals surface area contributed by atoms with Crippen LogP contribution in [0.5, 0.6) is 0 Å². The van der Waals surface area contributed by atoms with E-state index in [2.05, 4.69) is 15.5 Å². The number of hydrogen-bond donors (Lipinski definition) is 3. The molecule has 1 fully saturated rings. The SMILES string of the molecule is CNC1(N(C)C(=O)C2=C(O)C(=O)C(c3nnc(Cc4ccc(F)cc4F)s3)=C[NH2+]2)CCN(C(=O)OCc2ccccc2)CC1. The number of carbonyl (C=O) groups is 3. The number of nitrogens with zero attached hydrogens (tertiary/aromatic N) is 4. The first-order valence-corrected chi connectivity index (χ1v) is 14.7. The Morgan fingerprint density at radius 1 is 1.16 bits per heavy atom. The van der Waals surface area contributed by atoms with Crippen LogP contribution in [0.2, 0.25) is 0 Å². The van der Waals surface area contributed by atoms with Crippen LogP contribution in [0.4, 0.5) is 13.6 Å². The number of piperidine rings is 1. The van der Waals surface area contributed by atoms with Gasteiger partial charge in [-0.3, -0.25) is 20.2 Å². The van der Waals surface area contributed by atoms with Gasteiger partial charge in [0.1, 0.15) is 35.0 Å². The number of ether oxygens (including phenoxy) is 1. The van der Waals surface area contributed by atoms with Gasteiger partial charge in [-0.25, -0.2) is 13.6 Å². The fourth-order valence-corrected chi connectivity index (χ4v) is 6.06. The lowest BCUT2D eigenvalue weighted by Crippen LogP contribution is -2.81. The molecule has 0 saturated carbocycles. The highest BCUT2D eigenvalue weighted by Gasteiger charge is 2.44. The minimum absolute atomic E-state index is 0.0377. The van der Waals surface area contributed by atoms with Crippen molar-refractivity contribution < 1.29 is 38.3 Å². The molecule has 1 saturated heterocycles. The van der Waals surface area contributed by atoms with Gasteiger partial charge in [0.05, 0.1) is 5.66 Å². The number of aromatic nitrogens is 2. The fourth-order valence-electron chi connectivity index (χ4n) is 5.17. The molecule has 2 aliphatic rings. The lowest BCUT2D eigenvalue weighted by atomic mass is 9.94. The van der Waals surface area contributed by atoms with Crippen LogP contribution in [-0.4, -0.2) is 75.7 Å². The Hall–Kier alpha value is -4.53. The zero-order chi connectivity index (χ0) is 31.4. The van der Waals surface area contributed by atoms with Crippen LogP contribution >= 0.6 is 11.3 Å². The Morgan fingerprint density at radius 3 is 2.57 bits per heavy atom. The lowest BCUT2D eigenvalue weighted by molar-refractivity contribution is -0.531. The number of rotatable bonds is 8. The van der Waals surface area contributed by atoms with Crippen molar-refractivity contribution in [1.29, 1.82) is 0 Å². The van der Waals surface area contributed by atoms with Gasteiger partial charge >= 0.3 is 12.0 Å². The van der Waals surface area contributed by atoms with Crippen LogP contribution in [0.3, 0.4) is 0 Å². The summed E-state index contributed by atoms with van der Waals surface area (Å²) in [5, 5.41) is 23.9. The van der Waals surface area contributed by atoms with Crippen LogP contribution < -0.4 is 10.6 Å². The van der Waals surface area contributed by atoms with Gasteiger partial charge in [0, 0.05) is 45.5 Å². The summed E-state index contributed by atoms with van der Waals surface area (Å²) >= 11 is 1.03. The third kappa shape index (κ3) is 6.37. The molecule has 4 N–H and O–H groups in total. The van der Waals surface area contributed by atoms with E-state index >= 15 is 0 Å². The number of likely N-dealkylation sites (N-methyl/N-ethyl adjacent to an activating group) is 1. The summed E-state index contributed by atoms with van der Waals surface area (Å²) in [6, 6.07) is 12.6. The van der Waals surface area contributed by atoms with E-state index in [1.807, 2.05) is 30.3 Å². The predicted octanol–water partition coefficient (Wildman–Crippen LogP) is 2.47. The highest BCUT2D eigenvalue weighted by Crippen LogP contribution is 2.29. The quantitative estimate of drug-likeness (QED) is 0.325. The van der Waals surface area contributed by atoms with Crippen LogP contribution in [0.25, 0.3) is 5.57 Å². The van der Waals surface area contributed by atoms with Crippen molar-refractivity contribution in [2.45, 2.75) is 31.5 Å². The number of likely N-dealkylation sites (tertiary alicyclic amines) is 1. The van der Waals surface area contributed by atoms with E-state index in [4.69, 9.17) is 4.74 Å². The first-order valence-electron chi connectivity index (χ1n) is 13.8. The zero-order valence-electron chi connectivity index (χ0n) is 24.0. The average molecular weight is 626 g/mol. The summed E-state index contributed by atoms with van der Waals surface area (Å²) in [6.07, 6.45) is 1.76. The van der Waals surface area contributed by atoms with Gasteiger partial charge in [0.25, 0.3) is 0 Å². The lowest BCUT2D eigenvalue weighted by Gasteiger charge is -2.46. The maximum absolute atomic E-state index is 14.1. The molecular formula is C30H31F2N6O5S+. The second-order valence-corrected chi connectivity index (χ2v) is 11.5. The summed E-state index contributed by atoms with van der Waals surface area (Å²) in [7, 11) is 3.28. The van der Waals surface area contributed by atoms with Crippen molar-refractivity contribution in [1.82, 2.24) is 25.3 Å². The van der Waals surface area contributed by atoms with Gasteiger partial charge < -0.3 is 19.6 Å². The van der Waals surface area contributed by atoms with E-state index in [1.54, 1.807) is 19.0 Å². The van der Waals surface area contributed by atoms with Crippen LogP contribution in [0.15, 0.2) is 66.2 Å². The molecule has 2 aliphatic heterocycles. The molecule has 0 unspecified atom stereocenters. The highest BCUT2D eigenvalue weighted by molar-refractivity contribution is 7.12. The van der Waals surface area contributed by atoms with Gasteiger partial charge in [0.15, 0.2) is 5.01 Å². The number of nitrogens with two attached hydrogens (primary N) is 1. The predicted molar refractivity (Wildman–Crippen MR) is 156 cm³/mol. The molecule has 0 spiro atoms. The van der Waals surface area contributed by atoms with E-state index < -0.39 is 40.8 Å². The summed E-state index contributed by atoms with van der Waals surface area (Å²) in [5.41, 5.74) is 0.111. The Kier molecular flexibility index (Phi) is 9.13. The summed E-state index contributed by atoms with van der Waals surface area (Å²) in [6.45, 7) is 0.805. The monoisotopic (exact) mass is 625 g/mol. The molecule has 0 atom stereocenters. The highest BCUT2D eigenvalue weighted by atomic mass is 32.1. The van der Waals surface area contributed by atoms with E-state index in [0.717, 1.165) is 29.0 Å². The minimum atomic E-state index is -0.842. The smallest absolute Gasteiger partial charge is 0.410 e. The van der Waals surface area contributed by atoms with Crippen LogP contribution in [0, 0.1) is 11.6 Å². The number of benzene rings is 2. The summed E-state index contributed by atoms with van der Waals surface area (Å²) in [5.74, 6) is -3.52. The first-order chi connectivity index (χ1) is 21.1. The van der Waals surface area contributed by atoms with E-state index in [9.17, 15) is 28.3 Å². The molecule has 0 radical (unpaired) electrons. The zero-order valence-corrected chi connectivity index (χ0v) is 24.9. The second-order valence-electron chi connectivity index (χ2n) is 10.4. The number of nitrogens with one attached hydrogen (secondary N) is 1. The van der Waals surface area contributed by atoms with Gasteiger partial charge in [-0.2, -0.15) is 0 Å². The minimum Gasteiger partial charge on any atom is -0.500 e. The number of halogens is 2. The number of carbonyl (C=O) groups excluding carboxylic acids is 3. The molecule has 5 rings (SSSR count). The second kappa shape index (κ2) is 13.0. The third-order valence-corrected chi connectivity index (χ3v) is 8.84. The van der Waals surface area contributed by atoms with E-state index in [-0.39, 0.29) is 34.9 Å². The van der Waals surface area contributed by atoms with Gasteiger partial charge in [-0.1, -0.05) is 47.7 Å². The molecule has 44 heavy (non-hydrogen) atoms. The molecular weight excluding hydrogens is 594 g/mol. The topological polar surface area (TPSA) is 142 Å². The molecule has 2 aromatic carbocycles. The van der Waals surface area contributed by atoms with E-state index in [0.29, 0.717) is 30.9 Å². The number of quaternary nitrogens is 1. The van der Waals surface area contributed by atoms with Crippen LogP contribution in [-0.2, 0) is 27.4 Å². The summed E-state index contributed by atoms with van der Waals surface area (Å²) < 4.78 is 32.7. The van der Waals surface area contributed by atoms with E-state index in [1.165, 1.54) is 22.5 Å². The molecule has 11 nitrogen and oxygen atoms in total. The molecule has 3 heterocycles. The van der Waals surface area contributed by atoms with Crippen molar-refractivity contribution in [3.63, 3.8) is 0 Å². The Bertz CT molecular complexity index is 1640. The molecule has 0 aliphatic carbocycles. The Balaban J connectivity index is 1.21. The normalized spacial score (nSPS) is 16.5. The van der Waals surface area contributed by atoms with Gasteiger partial charge in [0.2, 0.25) is 17.2 Å². The summed E-state index contributed by atoms with van der Waals surface area (Å²) in [4.78, 5) is 42.4. The van der Waals surface area contributed by atoms with Gasteiger partial charge in [-0.15, -0.1) is 10.2 Å². The maximum Gasteiger partial charge on any atom is 0.410 e. The van der Waals surface area contributed by atoms with Crippen molar-refractivity contribution >= 4 is 34.7 Å². The molecule has 14 heteroatoms. The first kappa shape index (κ1) is 30.9. The average Bonchev–Trinajstić information content (AvgIpc) is 3.50. The number of aliphatic hydroxyl groups is 1. The Labute approximate surface area is 255 Å². The molecule has 1 aromatic heterocycles. The molecule has 2 amide bonds.